The van der Waals surface area contributed by atoms with Crippen LogP contribution in [0.15, 0.2) is 48.7 Å². The number of likely N-dealkylation sites (N-methyl/N-ethyl adjacent to an activating group) is 1. The molecule has 2 aromatic carbocycles. The van der Waals surface area contributed by atoms with Crippen LogP contribution in [0.25, 0.3) is 10.9 Å². The predicted octanol–water partition coefficient (Wildman–Crippen LogP) is 3.31. The van der Waals surface area contributed by atoms with Crippen LogP contribution in [0.2, 0.25) is 0 Å². The fraction of sp³-hybridized carbons (Fsp3) is 0.346. The standard InChI is InChI=1S/C26H29FN4O3/c1-4-29(3)26(34)24(32)19-7-10-23-21(13-19)22(14-28-23)25(33)31-12-11-30(15-17(31)2)16-18-5-8-20(27)9-6-18/h5-10,13-14,17,28H,4,11-12,15-16H2,1-3H3/t17-/m1/s1. The van der Waals surface area contributed by atoms with Gasteiger partial charge < -0.3 is 14.8 Å². The molecule has 1 N–H and O–H groups in total. The number of fused-ring (bicyclic) bond motifs is 1. The number of ketones is 1. The van der Waals surface area contributed by atoms with Gasteiger partial charge in [0, 0.05) is 68.5 Å². The number of aromatic amines is 1. The molecule has 2 amide bonds. The minimum Gasteiger partial charge on any atom is -0.360 e. The van der Waals surface area contributed by atoms with Gasteiger partial charge in [0.15, 0.2) is 0 Å². The van der Waals surface area contributed by atoms with Crippen molar-refractivity contribution in [2.24, 2.45) is 0 Å². The molecule has 178 valence electrons. The van der Waals surface area contributed by atoms with Crippen LogP contribution in [-0.2, 0) is 11.3 Å². The summed E-state index contributed by atoms with van der Waals surface area (Å²) < 4.78 is 13.2. The van der Waals surface area contributed by atoms with Crippen molar-refractivity contribution in [3.05, 3.63) is 71.2 Å². The van der Waals surface area contributed by atoms with E-state index in [0.717, 1.165) is 11.1 Å². The van der Waals surface area contributed by atoms with Gasteiger partial charge in [-0.1, -0.05) is 12.1 Å². The van der Waals surface area contributed by atoms with E-state index in [0.29, 0.717) is 43.7 Å². The number of carbonyl (C=O) groups excluding carboxylic acids is 3. The van der Waals surface area contributed by atoms with E-state index in [1.54, 1.807) is 50.5 Å². The summed E-state index contributed by atoms with van der Waals surface area (Å²) in [6, 6.07) is 11.4. The Bertz CT molecular complexity index is 1220. The fourth-order valence-electron chi connectivity index (χ4n) is 4.36. The first-order valence-electron chi connectivity index (χ1n) is 11.5. The van der Waals surface area contributed by atoms with Gasteiger partial charge in [0.1, 0.15) is 5.82 Å². The first-order valence-corrected chi connectivity index (χ1v) is 11.5. The summed E-state index contributed by atoms with van der Waals surface area (Å²) in [5.74, 6) is -1.52. The van der Waals surface area contributed by atoms with Crippen LogP contribution in [0, 0.1) is 5.82 Å². The minimum absolute atomic E-state index is 0.0174. The Morgan fingerprint density at radius 3 is 2.53 bits per heavy atom. The van der Waals surface area contributed by atoms with Gasteiger partial charge in [-0.3, -0.25) is 19.3 Å². The van der Waals surface area contributed by atoms with Gasteiger partial charge in [-0.2, -0.15) is 0 Å². The van der Waals surface area contributed by atoms with E-state index < -0.39 is 11.7 Å². The van der Waals surface area contributed by atoms with Crippen LogP contribution in [0.4, 0.5) is 4.39 Å². The number of benzene rings is 2. The number of hydrogen-bond donors (Lipinski definition) is 1. The molecule has 3 aromatic rings. The van der Waals surface area contributed by atoms with E-state index in [-0.39, 0.29) is 23.3 Å². The molecule has 0 unspecified atom stereocenters. The summed E-state index contributed by atoms with van der Waals surface area (Å²) in [5, 5.41) is 0.628. The van der Waals surface area contributed by atoms with E-state index in [1.807, 2.05) is 11.8 Å². The summed E-state index contributed by atoms with van der Waals surface area (Å²) in [4.78, 5) is 46.9. The van der Waals surface area contributed by atoms with Crippen molar-refractivity contribution in [1.29, 1.82) is 0 Å². The van der Waals surface area contributed by atoms with E-state index in [9.17, 15) is 18.8 Å². The second-order valence-corrected chi connectivity index (χ2v) is 8.82. The van der Waals surface area contributed by atoms with Crippen molar-refractivity contribution in [2.75, 3.05) is 33.2 Å². The highest BCUT2D eigenvalue weighted by atomic mass is 19.1. The van der Waals surface area contributed by atoms with Gasteiger partial charge in [0.25, 0.3) is 11.8 Å². The molecular formula is C26H29FN4O3. The van der Waals surface area contributed by atoms with Crippen LogP contribution in [0.1, 0.15) is 40.1 Å². The number of Topliss-reactive ketones (excluding diaryl/α,β-unsaturated/α-hetero) is 1. The maximum atomic E-state index is 13.4. The molecular weight excluding hydrogens is 435 g/mol. The van der Waals surface area contributed by atoms with E-state index in [2.05, 4.69) is 9.88 Å². The lowest BCUT2D eigenvalue weighted by atomic mass is 10.0. The Kier molecular flexibility index (Phi) is 6.79. The van der Waals surface area contributed by atoms with Crippen molar-refractivity contribution in [3.8, 4) is 0 Å². The Morgan fingerprint density at radius 2 is 1.85 bits per heavy atom. The number of rotatable bonds is 6. The summed E-state index contributed by atoms with van der Waals surface area (Å²) in [5.41, 5.74) is 2.52. The van der Waals surface area contributed by atoms with E-state index in [4.69, 9.17) is 0 Å². The van der Waals surface area contributed by atoms with E-state index >= 15 is 0 Å². The molecule has 0 radical (unpaired) electrons. The Balaban J connectivity index is 1.49. The molecule has 4 rings (SSSR count). The number of aromatic nitrogens is 1. The van der Waals surface area contributed by atoms with Gasteiger partial charge in [0.05, 0.1) is 5.56 Å². The molecule has 0 aliphatic carbocycles. The lowest BCUT2D eigenvalue weighted by Gasteiger charge is -2.40. The molecule has 0 bridgehead atoms. The Morgan fingerprint density at radius 1 is 1.12 bits per heavy atom. The van der Waals surface area contributed by atoms with Crippen molar-refractivity contribution in [3.63, 3.8) is 0 Å². The van der Waals surface area contributed by atoms with Crippen molar-refractivity contribution >= 4 is 28.5 Å². The van der Waals surface area contributed by atoms with Gasteiger partial charge >= 0.3 is 0 Å². The normalized spacial score (nSPS) is 16.6. The number of nitrogens with one attached hydrogen (secondary N) is 1. The van der Waals surface area contributed by atoms with Gasteiger partial charge in [0.2, 0.25) is 5.78 Å². The third-order valence-electron chi connectivity index (χ3n) is 6.48. The van der Waals surface area contributed by atoms with Crippen molar-refractivity contribution < 1.29 is 18.8 Å². The highest BCUT2D eigenvalue weighted by molar-refractivity contribution is 6.43. The molecule has 1 atom stereocenters. The molecule has 0 spiro atoms. The Labute approximate surface area is 198 Å². The maximum Gasteiger partial charge on any atom is 0.294 e. The quantitative estimate of drug-likeness (QED) is 0.449. The van der Waals surface area contributed by atoms with E-state index in [1.165, 1.54) is 17.0 Å². The van der Waals surface area contributed by atoms with Crippen LogP contribution in [0.5, 0.6) is 0 Å². The molecule has 7 nitrogen and oxygen atoms in total. The van der Waals surface area contributed by atoms with Gasteiger partial charge in [-0.05, 0) is 49.7 Å². The number of halogens is 1. The minimum atomic E-state index is -0.589. The number of nitrogens with zero attached hydrogens (tertiary/aromatic N) is 3. The summed E-state index contributed by atoms with van der Waals surface area (Å²) in [6.45, 7) is 6.92. The lowest BCUT2D eigenvalue weighted by molar-refractivity contribution is -0.125. The molecule has 0 saturated carbocycles. The first kappa shape index (κ1) is 23.6. The third kappa shape index (κ3) is 4.72. The maximum absolute atomic E-state index is 13.4. The van der Waals surface area contributed by atoms with Crippen LogP contribution < -0.4 is 0 Å². The molecule has 1 saturated heterocycles. The first-order chi connectivity index (χ1) is 16.3. The SMILES string of the molecule is CCN(C)C(=O)C(=O)c1ccc2[nH]cc(C(=O)N3CCN(Cc4ccc(F)cc4)C[C@H]3C)c2c1. The third-order valence-corrected chi connectivity index (χ3v) is 6.48. The number of H-pyrrole nitrogens is 1. The number of piperazine rings is 1. The molecule has 1 fully saturated rings. The lowest BCUT2D eigenvalue weighted by Crippen LogP contribution is -2.53. The number of carbonyl (C=O) groups is 3. The monoisotopic (exact) mass is 464 g/mol. The molecule has 1 aliphatic heterocycles. The average Bonchev–Trinajstić information content (AvgIpc) is 3.27. The zero-order valence-corrected chi connectivity index (χ0v) is 19.7. The smallest absolute Gasteiger partial charge is 0.294 e. The van der Waals surface area contributed by atoms with Crippen LogP contribution >= 0.6 is 0 Å². The zero-order valence-electron chi connectivity index (χ0n) is 19.7. The zero-order chi connectivity index (χ0) is 24.4. The highest BCUT2D eigenvalue weighted by Crippen LogP contribution is 2.24. The highest BCUT2D eigenvalue weighted by Gasteiger charge is 2.30. The summed E-state index contributed by atoms with van der Waals surface area (Å²) in [7, 11) is 1.58. The van der Waals surface area contributed by atoms with Crippen molar-refractivity contribution in [1.82, 2.24) is 19.7 Å². The topological polar surface area (TPSA) is 76.7 Å². The molecule has 34 heavy (non-hydrogen) atoms. The fourth-order valence-corrected chi connectivity index (χ4v) is 4.36. The van der Waals surface area contributed by atoms with Crippen LogP contribution in [-0.4, -0.2) is 76.5 Å². The summed E-state index contributed by atoms with van der Waals surface area (Å²) in [6.07, 6.45) is 1.67. The molecule has 1 aromatic heterocycles. The molecule has 8 heteroatoms. The number of amides is 2. The predicted molar refractivity (Wildman–Crippen MR) is 128 cm³/mol. The largest absolute Gasteiger partial charge is 0.360 e. The van der Waals surface area contributed by atoms with Gasteiger partial charge in [-0.25, -0.2) is 4.39 Å². The summed E-state index contributed by atoms with van der Waals surface area (Å²) >= 11 is 0. The molecule has 2 heterocycles. The number of hydrogen-bond acceptors (Lipinski definition) is 4. The Hall–Kier alpha value is -3.52. The second-order valence-electron chi connectivity index (χ2n) is 8.82. The van der Waals surface area contributed by atoms with Crippen molar-refractivity contribution in [2.45, 2.75) is 26.4 Å². The second kappa shape index (κ2) is 9.77. The van der Waals surface area contributed by atoms with Crippen LogP contribution in [0.3, 0.4) is 0 Å². The average molecular weight is 465 g/mol. The van der Waals surface area contributed by atoms with Gasteiger partial charge in [-0.15, -0.1) is 0 Å². The molecule has 1 aliphatic rings.